The number of nitrogens with zero attached hydrogens (tertiary/aromatic N) is 2. The third-order valence-electron chi connectivity index (χ3n) is 4.13. The maximum absolute atomic E-state index is 13.7. The molecule has 0 aliphatic carbocycles. The molecule has 120 valence electrons. The van der Waals surface area contributed by atoms with Gasteiger partial charge in [0.25, 0.3) is 0 Å². The predicted octanol–water partition coefficient (Wildman–Crippen LogP) is 3.48. The number of benzene rings is 2. The maximum Gasteiger partial charge on any atom is 0.227 e. The molecule has 1 heterocycles. The minimum absolute atomic E-state index is 0.0122. The highest BCUT2D eigenvalue weighted by Gasteiger charge is 2.22. The van der Waals surface area contributed by atoms with Crippen molar-refractivity contribution in [3.63, 3.8) is 0 Å². The van der Waals surface area contributed by atoms with Gasteiger partial charge in [0.05, 0.1) is 12.1 Å². The van der Waals surface area contributed by atoms with Gasteiger partial charge < -0.3 is 9.80 Å². The molecule has 3 rings (SSSR count). The number of piperazine rings is 1. The van der Waals surface area contributed by atoms with E-state index in [4.69, 9.17) is 0 Å². The van der Waals surface area contributed by atoms with Crippen molar-refractivity contribution < 1.29 is 9.18 Å². The van der Waals surface area contributed by atoms with Gasteiger partial charge in [0.1, 0.15) is 5.82 Å². The fourth-order valence-electron chi connectivity index (χ4n) is 2.82. The first kappa shape index (κ1) is 16.0. The van der Waals surface area contributed by atoms with Gasteiger partial charge in [-0.3, -0.25) is 4.79 Å². The second-order valence-electron chi connectivity index (χ2n) is 5.59. The maximum atomic E-state index is 13.7. The van der Waals surface area contributed by atoms with E-state index in [1.807, 2.05) is 23.1 Å². The summed E-state index contributed by atoms with van der Waals surface area (Å²) >= 11 is 3.56. The molecular formula is C18H18BrFN2O. The van der Waals surface area contributed by atoms with E-state index in [0.29, 0.717) is 18.7 Å². The third kappa shape index (κ3) is 3.72. The Balaban J connectivity index is 1.60. The number of hydrogen-bond donors (Lipinski definition) is 0. The summed E-state index contributed by atoms with van der Waals surface area (Å²) in [6, 6.07) is 14.6. The van der Waals surface area contributed by atoms with Crippen LogP contribution in [0.3, 0.4) is 0 Å². The number of carbonyl (C=O) groups excluding carboxylic acids is 1. The lowest BCUT2D eigenvalue weighted by atomic mass is 10.1. The molecule has 0 unspecified atom stereocenters. The van der Waals surface area contributed by atoms with Crippen molar-refractivity contribution in [3.05, 3.63) is 64.4 Å². The van der Waals surface area contributed by atoms with Crippen LogP contribution in [0.15, 0.2) is 53.0 Å². The highest BCUT2D eigenvalue weighted by Crippen LogP contribution is 2.26. The Kier molecular flexibility index (Phi) is 4.96. The summed E-state index contributed by atoms with van der Waals surface area (Å²) in [7, 11) is 0. The average Bonchev–Trinajstić information content (AvgIpc) is 2.57. The molecule has 0 N–H and O–H groups in total. The van der Waals surface area contributed by atoms with Crippen LogP contribution in [0.5, 0.6) is 0 Å². The molecular weight excluding hydrogens is 359 g/mol. The molecule has 1 aliphatic heterocycles. The Morgan fingerprint density at radius 3 is 2.35 bits per heavy atom. The van der Waals surface area contributed by atoms with Crippen LogP contribution >= 0.6 is 15.9 Å². The molecule has 3 nitrogen and oxygen atoms in total. The molecule has 0 spiro atoms. The number of carbonyl (C=O) groups is 1. The monoisotopic (exact) mass is 376 g/mol. The number of halogens is 2. The van der Waals surface area contributed by atoms with E-state index in [1.54, 1.807) is 18.2 Å². The minimum Gasteiger partial charge on any atom is -0.367 e. The molecule has 1 saturated heterocycles. The fraction of sp³-hybridized carbons (Fsp3) is 0.278. The quantitative estimate of drug-likeness (QED) is 0.818. The molecule has 0 radical (unpaired) electrons. The molecule has 0 aromatic heterocycles. The Bertz CT molecular complexity index is 699. The number of amides is 1. The van der Waals surface area contributed by atoms with Crippen LogP contribution in [0.25, 0.3) is 0 Å². The highest BCUT2D eigenvalue weighted by atomic mass is 79.9. The normalized spacial score (nSPS) is 14.9. The Morgan fingerprint density at radius 1 is 1.00 bits per heavy atom. The third-order valence-corrected chi connectivity index (χ3v) is 4.80. The Labute approximate surface area is 143 Å². The van der Waals surface area contributed by atoms with Crippen LogP contribution in [0, 0.1) is 5.82 Å². The van der Waals surface area contributed by atoms with Gasteiger partial charge in [-0.05, 0) is 39.7 Å². The van der Waals surface area contributed by atoms with Crippen molar-refractivity contribution in [2.45, 2.75) is 6.42 Å². The zero-order chi connectivity index (χ0) is 16.2. The predicted molar refractivity (Wildman–Crippen MR) is 93.0 cm³/mol. The number of para-hydroxylation sites is 1. The van der Waals surface area contributed by atoms with Crippen LogP contribution < -0.4 is 4.90 Å². The smallest absolute Gasteiger partial charge is 0.227 e. The van der Waals surface area contributed by atoms with E-state index in [0.717, 1.165) is 23.2 Å². The van der Waals surface area contributed by atoms with E-state index in [9.17, 15) is 9.18 Å². The van der Waals surface area contributed by atoms with Gasteiger partial charge in [0.2, 0.25) is 5.91 Å². The van der Waals surface area contributed by atoms with Crippen LogP contribution in [0.4, 0.5) is 10.1 Å². The summed E-state index contributed by atoms with van der Waals surface area (Å²) in [6.45, 7) is 2.89. The first-order valence-electron chi connectivity index (χ1n) is 7.66. The van der Waals surface area contributed by atoms with E-state index >= 15 is 0 Å². The Morgan fingerprint density at radius 2 is 1.65 bits per heavy atom. The lowest BCUT2D eigenvalue weighted by Crippen LogP contribution is -2.49. The van der Waals surface area contributed by atoms with Gasteiger partial charge in [0, 0.05) is 30.7 Å². The summed E-state index contributed by atoms with van der Waals surface area (Å²) in [6.07, 6.45) is 0.127. The van der Waals surface area contributed by atoms with Crippen molar-refractivity contribution in [1.29, 1.82) is 0 Å². The van der Waals surface area contributed by atoms with Crippen molar-refractivity contribution >= 4 is 27.5 Å². The van der Waals surface area contributed by atoms with Gasteiger partial charge >= 0.3 is 0 Å². The summed E-state index contributed by atoms with van der Waals surface area (Å²) in [5, 5.41) is 0. The molecule has 1 fully saturated rings. The molecule has 2 aromatic rings. The minimum atomic E-state index is -0.312. The topological polar surface area (TPSA) is 23.6 Å². The van der Waals surface area contributed by atoms with Gasteiger partial charge in [-0.15, -0.1) is 0 Å². The van der Waals surface area contributed by atoms with Gasteiger partial charge in [-0.1, -0.05) is 30.3 Å². The van der Waals surface area contributed by atoms with E-state index in [2.05, 4.69) is 26.9 Å². The van der Waals surface area contributed by atoms with Crippen LogP contribution in [-0.4, -0.2) is 37.0 Å². The fourth-order valence-corrected chi connectivity index (χ4v) is 3.36. The van der Waals surface area contributed by atoms with E-state index in [-0.39, 0.29) is 18.1 Å². The van der Waals surface area contributed by atoms with Crippen LogP contribution in [0.2, 0.25) is 0 Å². The molecule has 1 aliphatic rings. The highest BCUT2D eigenvalue weighted by molar-refractivity contribution is 9.10. The van der Waals surface area contributed by atoms with Crippen LogP contribution in [-0.2, 0) is 11.2 Å². The second kappa shape index (κ2) is 7.13. The summed E-state index contributed by atoms with van der Waals surface area (Å²) in [5.41, 5.74) is 1.61. The van der Waals surface area contributed by atoms with Crippen molar-refractivity contribution in [3.8, 4) is 0 Å². The SMILES string of the molecule is O=C(Cc1ccccc1F)N1CCN(c2ccccc2Br)CC1. The Hall–Kier alpha value is -1.88. The van der Waals surface area contributed by atoms with Crippen molar-refractivity contribution in [2.75, 3.05) is 31.1 Å². The van der Waals surface area contributed by atoms with Gasteiger partial charge in [-0.25, -0.2) is 4.39 Å². The molecule has 5 heteroatoms. The zero-order valence-electron chi connectivity index (χ0n) is 12.7. The second-order valence-corrected chi connectivity index (χ2v) is 6.44. The number of hydrogen-bond acceptors (Lipinski definition) is 2. The number of anilines is 1. The average molecular weight is 377 g/mol. The van der Waals surface area contributed by atoms with E-state index in [1.165, 1.54) is 6.07 Å². The first-order valence-corrected chi connectivity index (χ1v) is 8.45. The molecule has 0 bridgehead atoms. The van der Waals surface area contributed by atoms with Crippen molar-refractivity contribution in [2.24, 2.45) is 0 Å². The summed E-state index contributed by atoms with van der Waals surface area (Å²) in [5.74, 6) is -0.324. The zero-order valence-corrected chi connectivity index (χ0v) is 14.3. The summed E-state index contributed by atoms with van der Waals surface area (Å²) in [4.78, 5) is 16.4. The summed E-state index contributed by atoms with van der Waals surface area (Å²) < 4.78 is 14.7. The standard InChI is InChI=1S/C18H18BrFN2O/c19-15-6-2-4-8-17(15)21-9-11-22(12-10-21)18(23)13-14-5-1-3-7-16(14)20/h1-8H,9-13H2. The lowest BCUT2D eigenvalue weighted by molar-refractivity contribution is -0.130. The van der Waals surface area contributed by atoms with Gasteiger partial charge in [-0.2, -0.15) is 0 Å². The first-order chi connectivity index (χ1) is 11.1. The molecule has 0 atom stereocenters. The van der Waals surface area contributed by atoms with Gasteiger partial charge in [0.15, 0.2) is 0 Å². The molecule has 2 aromatic carbocycles. The lowest BCUT2D eigenvalue weighted by Gasteiger charge is -2.36. The molecule has 1 amide bonds. The van der Waals surface area contributed by atoms with Crippen LogP contribution in [0.1, 0.15) is 5.56 Å². The largest absolute Gasteiger partial charge is 0.367 e. The van der Waals surface area contributed by atoms with Crippen molar-refractivity contribution in [1.82, 2.24) is 4.90 Å². The number of rotatable bonds is 3. The molecule has 23 heavy (non-hydrogen) atoms. The molecule has 0 saturated carbocycles. The van der Waals surface area contributed by atoms with E-state index < -0.39 is 0 Å².